The molecule has 130 valence electrons. The van der Waals surface area contributed by atoms with E-state index in [2.05, 4.69) is 21.4 Å². The molecule has 4 aromatic rings. The lowest BCUT2D eigenvalue weighted by atomic mass is 10.2. The summed E-state index contributed by atoms with van der Waals surface area (Å²) in [6.45, 7) is 1.83. The Morgan fingerprint density at radius 1 is 1.12 bits per heavy atom. The van der Waals surface area contributed by atoms with Crippen molar-refractivity contribution in [2.45, 2.75) is 6.92 Å². The van der Waals surface area contributed by atoms with Crippen molar-refractivity contribution in [1.82, 2.24) is 9.97 Å². The number of hydrogen-bond acceptors (Lipinski definition) is 6. The maximum Gasteiger partial charge on any atom is 0.264 e. The van der Waals surface area contributed by atoms with E-state index < -0.39 is 0 Å². The summed E-state index contributed by atoms with van der Waals surface area (Å²) in [6.07, 6.45) is 0. The summed E-state index contributed by atoms with van der Waals surface area (Å²) in [5.74, 6) is 0.412. The summed E-state index contributed by atoms with van der Waals surface area (Å²) in [5.41, 5.74) is 2.92. The highest BCUT2D eigenvalue weighted by Crippen LogP contribution is 2.30. The number of carbonyl (C=O) groups excluding carboxylic acids is 1. The van der Waals surface area contributed by atoms with E-state index in [-0.39, 0.29) is 12.5 Å². The molecular formula is C19H15N3O2S2. The van der Waals surface area contributed by atoms with E-state index in [0.29, 0.717) is 10.9 Å². The fourth-order valence-corrected chi connectivity index (χ4v) is 4.08. The number of ether oxygens (including phenoxy) is 1. The average molecular weight is 381 g/mol. The van der Waals surface area contributed by atoms with Crippen molar-refractivity contribution in [3.63, 3.8) is 0 Å². The Morgan fingerprint density at radius 3 is 2.65 bits per heavy atom. The molecule has 2 aromatic carbocycles. The SMILES string of the molecule is Cc1csc(NC(=O)COc2ccc(-c3nc4ccccc4s3)cc2)n1. The van der Waals surface area contributed by atoms with Crippen molar-refractivity contribution in [2.24, 2.45) is 0 Å². The van der Waals surface area contributed by atoms with E-state index >= 15 is 0 Å². The smallest absolute Gasteiger partial charge is 0.264 e. The molecule has 2 heterocycles. The Hall–Kier alpha value is -2.77. The summed E-state index contributed by atoms with van der Waals surface area (Å²) in [5, 5.41) is 6.16. The van der Waals surface area contributed by atoms with Gasteiger partial charge in [-0.15, -0.1) is 22.7 Å². The van der Waals surface area contributed by atoms with Gasteiger partial charge in [0.15, 0.2) is 11.7 Å². The van der Waals surface area contributed by atoms with E-state index in [4.69, 9.17) is 4.74 Å². The minimum atomic E-state index is -0.227. The van der Waals surface area contributed by atoms with E-state index in [1.807, 2.05) is 54.8 Å². The number of carbonyl (C=O) groups is 1. The number of rotatable bonds is 5. The molecule has 0 unspecified atom stereocenters. The standard InChI is InChI=1S/C19H15N3O2S2/c1-12-11-25-19(20-12)22-17(23)10-24-14-8-6-13(7-9-14)18-21-15-4-2-3-5-16(15)26-18/h2-9,11H,10H2,1H3,(H,20,22,23). The number of nitrogens with zero attached hydrogens (tertiary/aromatic N) is 2. The van der Waals surface area contributed by atoms with Crippen molar-refractivity contribution in [3.05, 3.63) is 59.6 Å². The number of thiazole rings is 2. The molecule has 7 heteroatoms. The van der Waals surface area contributed by atoms with Crippen molar-refractivity contribution in [3.8, 4) is 16.3 Å². The van der Waals surface area contributed by atoms with E-state index in [1.54, 1.807) is 11.3 Å². The topological polar surface area (TPSA) is 64.1 Å². The molecule has 2 aromatic heterocycles. The summed E-state index contributed by atoms with van der Waals surface area (Å²) in [6, 6.07) is 15.7. The molecule has 5 nitrogen and oxygen atoms in total. The lowest BCUT2D eigenvalue weighted by Gasteiger charge is -2.06. The largest absolute Gasteiger partial charge is 0.484 e. The minimum absolute atomic E-state index is 0.0564. The summed E-state index contributed by atoms with van der Waals surface area (Å²) >= 11 is 3.05. The highest BCUT2D eigenvalue weighted by atomic mass is 32.1. The van der Waals surface area contributed by atoms with E-state index in [9.17, 15) is 4.79 Å². The van der Waals surface area contributed by atoms with Gasteiger partial charge >= 0.3 is 0 Å². The summed E-state index contributed by atoms with van der Waals surface area (Å²) < 4.78 is 6.71. The number of aromatic nitrogens is 2. The maximum absolute atomic E-state index is 11.9. The van der Waals surface area contributed by atoms with Crippen LogP contribution in [-0.4, -0.2) is 22.5 Å². The minimum Gasteiger partial charge on any atom is -0.484 e. The van der Waals surface area contributed by atoms with Crippen LogP contribution in [0.4, 0.5) is 5.13 Å². The number of fused-ring (bicyclic) bond motifs is 1. The Bertz CT molecular complexity index is 1020. The molecule has 1 N–H and O–H groups in total. The molecule has 0 aliphatic carbocycles. The van der Waals surface area contributed by atoms with Crippen LogP contribution in [0.3, 0.4) is 0 Å². The molecule has 0 bridgehead atoms. The number of nitrogens with one attached hydrogen (secondary N) is 1. The van der Waals surface area contributed by atoms with Crippen molar-refractivity contribution in [2.75, 3.05) is 11.9 Å². The lowest BCUT2D eigenvalue weighted by molar-refractivity contribution is -0.118. The van der Waals surface area contributed by atoms with Crippen LogP contribution in [0, 0.1) is 6.92 Å². The molecular weight excluding hydrogens is 366 g/mol. The molecule has 0 atom stereocenters. The fraction of sp³-hybridized carbons (Fsp3) is 0.105. The number of para-hydroxylation sites is 1. The fourth-order valence-electron chi connectivity index (χ4n) is 2.41. The van der Waals surface area contributed by atoms with Crippen molar-refractivity contribution >= 4 is 43.9 Å². The van der Waals surface area contributed by atoms with Crippen LogP contribution in [-0.2, 0) is 4.79 Å². The highest BCUT2D eigenvalue weighted by molar-refractivity contribution is 7.21. The number of hydrogen-bond donors (Lipinski definition) is 1. The molecule has 1 amide bonds. The van der Waals surface area contributed by atoms with Gasteiger partial charge in [0.2, 0.25) is 0 Å². The zero-order valence-electron chi connectivity index (χ0n) is 13.9. The monoisotopic (exact) mass is 381 g/mol. The third kappa shape index (κ3) is 3.74. The van der Waals surface area contributed by atoms with Gasteiger partial charge in [-0.1, -0.05) is 12.1 Å². The molecule has 0 aliphatic rings. The lowest BCUT2D eigenvalue weighted by Crippen LogP contribution is -2.20. The van der Waals surface area contributed by atoms with Crippen LogP contribution < -0.4 is 10.1 Å². The van der Waals surface area contributed by atoms with Crippen LogP contribution in [0.25, 0.3) is 20.8 Å². The van der Waals surface area contributed by atoms with Gasteiger partial charge in [-0.05, 0) is 43.3 Å². The third-order valence-corrected chi connectivity index (χ3v) is 5.59. The van der Waals surface area contributed by atoms with Gasteiger partial charge < -0.3 is 4.74 Å². The molecule has 26 heavy (non-hydrogen) atoms. The second-order valence-corrected chi connectivity index (χ2v) is 7.53. The summed E-state index contributed by atoms with van der Waals surface area (Å²) in [4.78, 5) is 20.7. The number of aryl methyl sites for hydroxylation is 1. The van der Waals surface area contributed by atoms with Crippen molar-refractivity contribution in [1.29, 1.82) is 0 Å². The van der Waals surface area contributed by atoms with Gasteiger partial charge in [-0.25, -0.2) is 9.97 Å². The number of benzene rings is 2. The molecule has 0 saturated heterocycles. The molecule has 0 saturated carbocycles. The Kier molecular flexibility index (Phi) is 4.64. The normalized spacial score (nSPS) is 10.8. The average Bonchev–Trinajstić information content (AvgIpc) is 3.26. The second kappa shape index (κ2) is 7.23. The molecule has 0 aliphatic heterocycles. The van der Waals surface area contributed by atoms with Gasteiger partial charge in [0.1, 0.15) is 10.8 Å². The first kappa shape index (κ1) is 16.7. The predicted molar refractivity (Wildman–Crippen MR) is 106 cm³/mol. The van der Waals surface area contributed by atoms with Gasteiger partial charge in [0, 0.05) is 10.9 Å². The highest BCUT2D eigenvalue weighted by Gasteiger charge is 2.08. The first-order valence-corrected chi connectivity index (χ1v) is 9.68. The van der Waals surface area contributed by atoms with Gasteiger partial charge in [-0.2, -0.15) is 0 Å². The van der Waals surface area contributed by atoms with E-state index in [1.165, 1.54) is 11.3 Å². The first-order valence-electron chi connectivity index (χ1n) is 7.98. The Labute approximate surface area is 158 Å². The van der Waals surface area contributed by atoms with Gasteiger partial charge in [0.05, 0.1) is 15.9 Å². The third-order valence-electron chi connectivity index (χ3n) is 3.63. The van der Waals surface area contributed by atoms with Crippen LogP contribution in [0.1, 0.15) is 5.69 Å². The Morgan fingerprint density at radius 2 is 1.92 bits per heavy atom. The maximum atomic E-state index is 11.9. The van der Waals surface area contributed by atoms with Crippen LogP contribution >= 0.6 is 22.7 Å². The van der Waals surface area contributed by atoms with Gasteiger partial charge in [-0.3, -0.25) is 10.1 Å². The Balaban J connectivity index is 1.39. The zero-order valence-corrected chi connectivity index (χ0v) is 15.6. The molecule has 4 rings (SSSR count). The molecule has 0 radical (unpaired) electrons. The second-order valence-electron chi connectivity index (χ2n) is 5.64. The quantitative estimate of drug-likeness (QED) is 0.542. The zero-order chi connectivity index (χ0) is 17.9. The van der Waals surface area contributed by atoms with Gasteiger partial charge in [0.25, 0.3) is 5.91 Å². The number of anilines is 1. The van der Waals surface area contributed by atoms with Crippen LogP contribution in [0.2, 0.25) is 0 Å². The van der Waals surface area contributed by atoms with E-state index in [0.717, 1.165) is 26.5 Å². The van der Waals surface area contributed by atoms with Crippen LogP contribution in [0.15, 0.2) is 53.9 Å². The first-order chi connectivity index (χ1) is 12.7. The number of amides is 1. The summed E-state index contributed by atoms with van der Waals surface area (Å²) in [7, 11) is 0. The molecule has 0 fully saturated rings. The van der Waals surface area contributed by atoms with Crippen LogP contribution in [0.5, 0.6) is 5.75 Å². The molecule has 0 spiro atoms. The predicted octanol–water partition coefficient (Wildman–Crippen LogP) is 4.75. The van der Waals surface area contributed by atoms with Crippen molar-refractivity contribution < 1.29 is 9.53 Å².